The van der Waals surface area contributed by atoms with Crippen molar-refractivity contribution in [3.63, 3.8) is 0 Å². The van der Waals surface area contributed by atoms with Gasteiger partial charge in [-0.3, -0.25) is 9.78 Å². The number of anilines is 1. The minimum absolute atomic E-state index is 0.00279. The molecule has 0 fully saturated rings. The molecule has 6 heteroatoms. The summed E-state index contributed by atoms with van der Waals surface area (Å²) in [4.78, 5) is 19.9. The number of allylic oxidation sites excluding steroid dienone is 2. The van der Waals surface area contributed by atoms with Crippen LogP contribution in [0.3, 0.4) is 0 Å². The summed E-state index contributed by atoms with van der Waals surface area (Å²) in [6.07, 6.45) is 11.8. The standard InChI is InChI=1S/C21H25N3O2S/c1-4-5-12-24(2)17-13-19-20(22-14-17)11-7-15-6-8-16(23-27(3)26)9-10-18(15)21(19)25/h6-9,11,13-14,23H,4-5,10,12H2,1-3H3. The van der Waals surface area contributed by atoms with Gasteiger partial charge in [-0.1, -0.05) is 31.6 Å². The summed E-state index contributed by atoms with van der Waals surface area (Å²) in [6, 6.07) is 5.77. The second kappa shape index (κ2) is 8.48. The summed E-state index contributed by atoms with van der Waals surface area (Å²) in [5, 5.41) is 0.634. The molecule has 0 radical (unpaired) electrons. The Morgan fingerprint density at radius 1 is 1.30 bits per heavy atom. The molecule has 1 heterocycles. The van der Waals surface area contributed by atoms with Crippen LogP contribution < -0.4 is 15.1 Å². The number of nitrogens with zero attached hydrogens (tertiary/aromatic N) is 2. The minimum atomic E-state index is -1.15. The number of fused-ring (bicyclic) bond motifs is 2. The van der Waals surface area contributed by atoms with Crippen LogP contribution in [0.1, 0.15) is 30.9 Å². The Hall–Kier alpha value is -2.47. The molecule has 1 N–H and O–H groups in total. The van der Waals surface area contributed by atoms with Gasteiger partial charge in [-0.15, -0.1) is 0 Å². The molecule has 0 saturated heterocycles. The van der Waals surface area contributed by atoms with E-state index in [0.29, 0.717) is 17.3 Å². The van der Waals surface area contributed by atoms with Crippen LogP contribution in [0.15, 0.2) is 47.0 Å². The van der Waals surface area contributed by atoms with Crippen molar-refractivity contribution in [3.05, 3.63) is 63.6 Å². The fourth-order valence-corrected chi connectivity index (χ4v) is 3.63. The van der Waals surface area contributed by atoms with Crippen LogP contribution in [0.2, 0.25) is 0 Å². The summed E-state index contributed by atoms with van der Waals surface area (Å²) in [5.74, 6) is 0. The third kappa shape index (κ3) is 4.45. The van der Waals surface area contributed by atoms with Crippen LogP contribution in [-0.2, 0) is 17.4 Å². The molecule has 1 aliphatic carbocycles. The molecule has 5 nitrogen and oxygen atoms in total. The Bertz CT molecular complexity index is 998. The highest BCUT2D eigenvalue weighted by Crippen LogP contribution is 2.20. The number of hydrogen-bond acceptors (Lipinski definition) is 4. The van der Waals surface area contributed by atoms with E-state index in [-0.39, 0.29) is 5.43 Å². The SMILES string of the molecule is CCCCN(C)c1cnc2ccc3c(c(=O)c2c1)CC=C(NS(C)=O)C=C3. The summed E-state index contributed by atoms with van der Waals surface area (Å²) >= 11 is 0. The van der Waals surface area contributed by atoms with Crippen LogP contribution in [0.25, 0.3) is 17.0 Å². The van der Waals surface area contributed by atoms with Gasteiger partial charge < -0.3 is 9.62 Å². The Morgan fingerprint density at radius 2 is 2.11 bits per heavy atom. The van der Waals surface area contributed by atoms with Crippen LogP contribution in [0, 0.1) is 0 Å². The van der Waals surface area contributed by atoms with E-state index in [1.54, 1.807) is 6.26 Å². The van der Waals surface area contributed by atoms with Gasteiger partial charge in [0.05, 0.1) is 17.4 Å². The maximum Gasteiger partial charge on any atom is 0.192 e. The zero-order valence-corrected chi connectivity index (χ0v) is 16.8. The number of hydrogen-bond donors (Lipinski definition) is 1. The smallest absolute Gasteiger partial charge is 0.192 e. The highest BCUT2D eigenvalue weighted by molar-refractivity contribution is 7.82. The van der Waals surface area contributed by atoms with E-state index in [4.69, 9.17) is 0 Å². The first-order valence-corrected chi connectivity index (χ1v) is 10.7. The first-order valence-electron chi connectivity index (χ1n) is 9.15. The fraction of sp³-hybridized carbons (Fsp3) is 0.333. The summed E-state index contributed by atoms with van der Waals surface area (Å²) in [6.45, 7) is 3.10. The van der Waals surface area contributed by atoms with Crippen molar-refractivity contribution in [1.82, 2.24) is 9.71 Å². The van der Waals surface area contributed by atoms with Crippen molar-refractivity contribution in [2.75, 3.05) is 24.7 Å². The molecule has 2 aromatic rings. The zero-order valence-electron chi connectivity index (χ0n) is 16.0. The second-order valence-electron chi connectivity index (χ2n) is 6.75. The lowest BCUT2D eigenvalue weighted by atomic mass is 10.1. The third-order valence-corrected chi connectivity index (χ3v) is 5.23. The molecular formula is C21H25N3O2S. The Balaban J connectivity index is 2.07. The maximum absolute atomic E-state index is 13.2. The fourth-order valence-electron chi connectivity index (χ4n) is 3.14. The highest BCUT2D eigenvalue weighted by atomic mass is 32.2. The van der Waals surface area contributed by atoms with Gasteiger partial charge in [0, 0.05) is 36.5 Å². The van der Waals surface area contributed by atoms with Crippen molar-refractivity contribution in [2.45, 2.75) is 26.2 Å². The van der Waals surface area contributed by atoms with Crippen LogP contribution in [-0.4, -0.2) is 29.0 Å². The number of nitrogens with one attached hydrogen (secondary N) is 1. The van der Waals surface area contributed by atoms with Crippen LogP contribution in [0.5, 0.6) is 0 Å². The molecule has 0 amide bonds. The summed E-state index contributed by atoms with van der Waals surface area (Å²) in [5.41, 5.74) is 4.02. The molecule has 0 bridgehead atoms. The molecule has 0 spiro atoms. The molecule has 27 heavy (non-hydrogen) atoms. The Kier molecular flexibility index (Phi) is 6.06. The van der Waals surface area contributed by atoms with Gasteiger partial charge in [-0.25, -0.2) is 4.21 Å². The molecule has 1 aromatic heterocycles. The quantitative estimate of drug-likeness (QED) is 0.832. The average molecular weight is 384 g/mol. The van der Waals surface area contributed by atoms with Crippen molar-refractivity contribution in [1.29, 1.82) is 0 Å². The lowest BCUT2D eigenvalue weighted by Gasteiger charge is -2.18. The molecule has 0 saturated carbocycles. The lowest BCUT2D eigenvalue weighted by Crippen LogP contribution is -2.19. The predicted molar refractivity (Wildman–Crippen MR) is 114 cm³/mol. The number of unbranched alkanes of at least 4 members (excludes halogenated alkanes) is 1. The zero-order chi connectivity index (χ0) is 19.4. The molecule has 1 atom stereocenters. The first-order chi connectivity index (χ1) is 13.0. The van der Waals surface area contributed by atoms with Crippen molar-refractivity contribution in [2.24, 2.45) is 0 Å². The lowest BCUT2D eigenvalue weighted by molar-refractivity contribution is 0.682. The average Bonchev–Trinajstić information content (AvgIpc) is 2.92. The molecule has 3 rings (SSSR count). The summed E-state index contributed by atoms with van der Waals surface area (Å²) < 4.78 is 14.3. The first kappa shape index (κ1) is 19.3. The van der Waals surface area contributed by atoms with E-state index >= 15 is 0 Å². The van der Waals surface area contributed by atoms with E-state index in [9.17, 15) is 9.00 Å². The van der Waals surface area contributed by atoms with Gasteiger partial charge >= 0.3 is 0 Å². The molecule has 1 aromatic carbocycles. The highest BCUT2D eigenvalue weighted by Gasteiger charge is 2.12. The topological polar surface area (TPSA) is 62.3 Å². The van der Waals surface area contributed by atoms with Crippen molar-refractivity contribution < 1.29 is 4.21 Å². The summed E-state index contributed by atoms with van der Waals surface area (Å²) in [7, 11) is 0.881. The minimum Gasteiger partial charge on any atom is -0.373 e. The normalized spacial score (nSPS) is 14.3. The monoisotopic (exact) mass is 383 g/mol. The van der Waals surface area contributed by atoms with E-state index < -0.39 is 11.0 Å². The van der Waals surface area contributed by atoms with E-state index in [0.717, 1.165) is 41.9 Å². The van der Waals surface area contributed by atoms with Gasteiger partial charge in [-0.05, 0) is 36.6 Å². The largest absolute Gasteiger partial charge is 0.373 e. The van der Waals surface area contributed by atoms with Crippen molar-refractivity contribution in [3.8, 4) is 0 Å². The maximum atomic E-state index is 13.2. The van der Waals surface area contributed by atoms with Gasteiger partial charge in [0.25, 0.3) is 0 Å². The molecule has 0 aliphatic heterocycles. The van der Waals surface area contributed by atoms with Gasteiger partial charge in [0.15, 0.2) is 5.43 Å². The van der Waals surface area contributed by atoms with E-state index in [2.05, 4.69) is 21.5 Å². The molecule has 1 aliphatic rings. The Labute approximate surface area is 162 Å². The van der Waals surface area contributed by atoms with E-state index in [1.807, 2.05) is 49.7 Å². The predicted octanol–water partition coefficient (Wildman–Crippen LogP) is 3.17. The van der Waals surface area contributed by atoms with E-state index in [1.165, 1.54) is 0 Å². The molecule has 1 unspecified atom stereocenters. The third-order valence-electron chi connectivity index (χ3n) is 4.71. The van der Waals surface area contributed by atoms with Gasteiger partial charge in [-0.2, -0.15) is 0 Å². The van der Waals surface area contributed by atoms with Crippen molar-refractivity contribution >= 4 is 33.7 Å². The van der Waals surface area contributed by atoms with Crippen LogP contribution >= 0.6 is 0 Å². The molecular weight excluding hydrogens is 358 g/mol. The number of rotatable bonds is 6. The van der Waals surface area contributed by atoms with Gasteiger partial charge in [0.2, 0.25) is 0 Å². The number of aromatic nitrogens is 1. The van der Waals surface area contributed by atoms with Crippen LogP contribution in [0.4, 0.5) is 5.69 Å². The second-order valence-corrected chi connectivity index (χ2v) is 7.86. The van der Waals surface area contributed by atoms with Gasteiger partial charge in [0.1, 0.15) is 11.0 Å². The Morgan fingerprint density at radius 3 is 2.85 bits per heavy atom. The molecule has 142 valence electrons. The number of pyridine rings is 1.